The van der Waals surface area contributed by atoms with Crippen LogP contribution < -0.4 is 21.9 Å². The Morgan fingerprint density at radius 2 is 1.93 bits per heavy atom. The molecule has 0 spiro atoms. The molecule has 3 rings (SSSR count). The van der Waals surface area contributed by atoms with Gasteiger partial charge in [0.1, 0.15) is 11.9 Å². The Balaban J connectivity index is 2.08. The number of hydrogen-bond donors (Lipinski definition) is 2. The molecule has 2 saturated heterocycles. The number of thioether (sulfide) groups is 1. The van der Waals surface area contributed by atoms with Crippen molar-refractivity contribution in [3.63, 3.8) is 0 Å². The normalized spacial score (nSPS) is 23.5. The second-order valence-electron chi connectivity index (χ2n) is 9.11. The van der Waals surface area contributed by atoms with E-state index in [9.17, 15) is 19.2 Å². The summed E-state index contributed by atoms with van der Waals surface area (Å²) in [6, 6.07) is -0.655. The monoisotopic (exact) mass is 437 g/mol. The van der Waals surface area contributed by atoms with Gasteiger partial charge in [-0.3, -0.25) is 23.9 Å². The van der Waals surface area contributed by atoms with E-state index in [1.54, 1.807) is 16.7 Å². The maximum Gasteiger partial charge on any atom is 0.330 e. The number of nitrogens with two attached hydrogens (primary N) is 1. The van der Waals surface area contributed by atoms with Crippen LogP contribution in [0.2, 0.25) is 0 Å². The summed E-state index contributed by atoms with van der Waals surface area (Å²) in [5, 5.41) is 0. The summed E-state index contributed by atoms with van der Waals surface area (Å²) in [5.74, 6) is 0.242. The molecule has 0 radical (unpaired) electrons. The molecule has 10 heteroatoms. The zero-order chi connectivity index (χ0) is 22.4. The second kappa shape index (κ2) is 8.13. The van der Waals surface area contributed by atoms with Gasteiger partial charge in [-0.15, -0.1) is 11.8 Å². The van der Waals surface area contributed by atoms with Crippen LogP contribution in [0.25, 0.3) is 0 Å². The van der Waals surface area contributed by atoms with E-state index in [-0.39, 0.29) is 41.7 Å². The van der Waals surface area contributed by atoms with Crippen LogP contribution in [0.3, 0.4) is 0 Å². The third kappa shape index (κ3) is 3.89. The number of anilines is 2. The van der Waals surface area contributed by atoms with Gasteiger partial charge < -0.3 is 15.5 Å². The van der Waals surface area contributed by atoms with E-state index in [0.717, 1.165) is 0 Å². The molecule has 9 nitrogen and oxygen atoms in total. The van der Waals surface area contributed by atoms with Gasteiger partial charge in [0.05, 0.1) is 4.87 Å². The van der Waals surface area contributed by atoms with Gasteiger partial charge >= 0.3 is 5.69 Å². The third-order valence-corrected chi connectivity index (χ3v) is 7.08. The standard InChI is InChI=1S/C20H31N5O4S/c1-11(2)8-23(15-16(21)24(9-12(3)4)19(29)22-17(15)27)18(28)13-10-30-20(5)7-6-14(26)25(13)20/h11-13H,6-10,21H2,1-5H3,(H,22,27,29)/t13-,20-/m1/s1. The van der Waals surface area contributed by atoms with Gasteiger partial charge in [0.25, 0.3) is 11.5 Å². The van der Waals surface area contributed by atoms with E-state index < -0.39 is 22.2 Å². The highest BCUT2D eigenvalue weighted by atomic mass is 32.2. The fourth-order valence-electron chi connectivity index (χ4n) is 4.22. The summed E-state index contributed by atoms with van der Waals surface area (Å²) in [6.45, 7) is 10.3. The molecule has 1 aromatic rings. The van der Waals surface area contributed by atoms with Crippen LogP contribution in [0, 0.1) is 11.8 Å². The fraction of sp³-hybridized carbons (Fsp3) is 0.700. The summed E-state index contributed by atoms with van der Waals surface area (Å²) in [7, 11) is 0. The molecule has 30 heavy (non-hydrogen) atoms. The van der Waals surface area contributed by atoms with Crippen LogP contribution in [0.15, 0.2) is 9.59 Å². The first-order valence-electron chi connectivity index (χ1n) is 10.4. The number of nitrogens with zero attached hydrogens (tertiary/aromatic N) is 3. The first-order chi connectivity index (χ1) is 14.0. The zero-order valence-corrected chi connectivity index (χ0v) is 19.0. The van der Waals surface area contributed by atoms with Crippen LogP contribution >= 0.6 is 11.8 Å². The van der Waals surface area contributed by atoms with Crippen molar-refractivity contribution in [1.82, 2.24) is 14.5 Å². The minimum atomic E-state index is -0.687. The lowest BCUT2D eigenvalue weighted by Crippen LogP contribution is -2.53. The first kappa shape index (κ1) is 22.5. The number of aromatic amines is 1. The Labute approximate surface area is 180 Å². The summed E-state index contributed by atoms with van der Waals surface area (Å²) >= 11 is 1.59. The molecule has 2 aliphatic rings. The fourth-order valence-corrected chi connectivity index (χ4v) is 5.65. The summed E-state index contributed by atoms with van der Waals surface area (Å²) < 4.78 is 1.30. The summed E-state index contributed by atoms with van der Waals surface area (Å²) in [6.07, 6.45) is 1.12. The largest absolute Gasteiger partial charge is 0.383 e. The van der Waals surface area contributed by atoms with E-state index in [0.29, 0.717) is 25.1 Å². The maximum atomic E-state index is 13.7. The first-order valence-corrected chi connectivity index (χ1v) is 11.3. The number of fused-ring (bicyclic) bond motifs is 1. The molecule has 2 aliphatic heterocycles. The molecule has 2 fully saturated rings. The summed E-state index contributed by atoms with van der Waals surface area (Å²) in [5.41, 5.74) is 4.98. The van der Waals surface area contributed by atoms with Gasteiger partial charge in [-0.05, 0) is 25.2 Å². The molecule has 0 unspecified atom stereocenters. The lowest BCUT2D eigenvalue weighted by atomic mass is 10.1. The molecular formula is C20H31N5O4S. The highest BCUT2D eigenvalue weighted by molar-refractivity contribution is 8.01. The van der Waals surface area contributed by atoms with Crippen molar-refractivity contribution in [2.24, 2.45) is 11.8 Å². The molecule has 0 saturated carbocycles. The molecule has 2 atom stereocenters. The van der Waals surface area contributed by atoms with Crippen molar-refractivity contribution in [2.75, 3.05) is 22.9 Å². The Morgan fingerprint density at radius 3 is 2.53 bits per heavy atom. The molecular weight excluding hydrogens is 406 g/mol. The molecule has 3 N–H and O–H groups in total. The molecule has 0 aromatic carbocycles. The molecule has 0 bridgehead atoms. The Bertz CT molecular complexity index is 969. The smallest absolute Gasteiger partial charge is 0.330 e. The predicted octanol–water partition coefficient (Wildman–Crippen LogP) is 1.22. The van der Waals surface area contributed by atoms with Crippen molar-refractivity contribution in [1.29, 1.82) is 0 Å². The van der Waals surface area contributed by atoms with E-state index in [1.165, 1.54) is 9.47 Å². The predicted molar refractivity (Wildman–Crippen MR) is 118 cm³/mol. The van der Waals surface area contributed by atoms with Crippen LogP contribution in [0.1, 0.15) is 47.5 Å². The third-order valence-electron chi connectivity index (χ3n) is 5.58. The van der Waals surface area contributed by atoms with E-state index in [2.05, 4.69) is 4.98 Å². The van der Waals surface area contributed by atoms with Gasteiger partial charge in [0.15, 0.2) is 5.69 Å². The van der Waals surface area contributed by atoms with Gasteiger partial charge in [-0.25, -0.2) is 4.79 Å². The second-order valence-corrected chi connectivity index (χ2v) is 10.6. The number of carbonyl (C=O) groups is 2. The zero-order valence-electron chi connectivity index (χ0n) is 18.2. The number of H-pyrrole nitrogens is 1. The molecule has 166 valence electrons. The van der Waals surface area contributed by atoms with Gasteiger partial charge in [0.2, 0.25) is 5.91 Å². The number of hydrogen-bond acceptors (Lipinski definition) is 6. The Kier molecular flexibility index (Phi) is 6.08. The lowest BCUT2D eigenvalue weighted by Gasteiger charge is -2.34. The van der Waals surface area contributed by atoms with Crippen molar-refractivity contribution in [2.45, 2.75) is 64.9 Å². The number of aromatic nitrogens is 2. The summed E-state index contributed by atoms with van der Waals surface area (Å²) in [4.78, 5) is 56.2. The molecule has 2 amide bonds. The van der Waals surface area contributed by atoms with Crippen LogP contribution in [0.4, 0.5) is 11.5 Å². The van der Waals surface area contributed by atoms with Gasteiger partial charge in [-0.2, -0.15) is 0 Å². The number of nitrogen functional groups attached to an aromatic ring is 1. The van der Waals surface area contributed by atoms with Crippen LogP contribution in [-0.4, -0.2) is 49.5 Å². The molecule has 3 heterocycles. The van der Waals surface area contributed by atoms with Crippen molar-refractivity contribution in [3.8, 4) is 0 Å². The number of amides is 2. The van der Waals surface area contributed by atoms with Gasteiger partial charge in [-0.1, -0.05) is 27.7 Å². The van der Waals surface area contributed by atoms with Gasteiger partial charge in [0, 0.05) is 25.3 Å². The van der Waals surface area contributed by atoms with Crippen molar-refractivity contribution in [3.05, 3.63) is 20.8 Å². The highest BCUT2D eigenvalue weighted by Crippen LogP contribution is 2.47. The SMILES string of the molecule is CC(C)CN(C(=O)[C@H]1CS[C@]2(C)CCC(=O)N12)c1c(N)n(CC(C)C)c(=O)[nH]c1=O. The Hall–Kier alpha value is -2.23. The molecule has 0 aliphatic carbocycles. The number of rotatable bonds is 6. The topological polar surface area (TPSA) is 121 Å². The van der Waals surface area contributed by atoms with Crippen LogP contribution in [-0.2, 0) is 16.1 Å². The van der Waals surface area contributed by atoms with E-state index in [1.807, 2.05) is 34.6 Å². The molecule has 1 aromatic heterocycles. The Morgan fingerprint density at radius 1 is 1.27 bits per heavy atom. The quantitative estimate of drug-likeness (QED) is 0.690. The maximum absolute atomic E-state index is 13.7. The number of nitrogens with one attached hydrogen (secondary N) is 1. The van der Waals surface area contributed by atoms with Crippen molar-refractivity contribution < 1.29 is 9.59 Å². The van der Waals surface area contributed by atoms with Crippen LogP contribution in [0.5, 0.6) is 0 Å². The average Bonchev–Trinajstić information content (AvgIpc) is 3.12. The number of carbonyl (C=O) groups excluding carboxylic acids is 2. The average molecular weight is 438 g/mol. The highest BCUT2D eigenvalue weighted by Gasteiger charge is 2.54. The van der Waals surface area contributed by atoms with E-state index >= 15 is 0 Å². The van der Waals surface area contributed by atoms with Crippen molar-refractivity contribution >= 4 is 35.1 Å². The minimum Gasteiger partial charge on any atom is -0.383 e. The minimum absolute atomic E-state index is 0.0146. The lowest BCUT2D eigenvalue weighted by molar-refractivity contribution is -0.136. The van der Waals surface area contributed by atoms with E-state index in [4.69, 9.17) is 5.73 Å².